The van der Waals surface area contributed by atoms with Crippen molar-refractivity contribution in [1.82, 2.24) is 0 Å². The van der Waals surface area contributed by atoms with Crippen molar-refractivity contribution < 1.29 is 0 Å². The van der Waals surface area contributed by atoms with Gasteiger partial charge in [0.2, 0.25) is 0 Å². The highest BCUT2D eigenvalue weighted by Crippen LogP contribution is 2.52. The molecule has 0 aromatic rings. The maximum Gasteiger partial charge on any atom is -0.0334 e. The van der Waals surface area contributed by atoms with E-state index < -0.39 is 0 Å². The molecule has 0 nitrogen and oxygen atoms in total. The van der Waals surface area contributed by atoms with Gasteiger partial charge in [-0.3, -0.25) is 0 Å². The van der Waals surface area contributed by atoms with Gasteiger partial charge in [-0.1, -0.05) is 13.8 Å². The lowest BCUT2D eigenvalue weighted by Gasteiger charge is -2.19. The summed E-state index contributed by atoms with van der Waals surface area (Å²) in [7, 11) is 0. The van der Waals surface area contributed by atoms with Crippen LogP contribution < -0.4 is 0 Å². The van der Waals surface area contributed by atoms with Gasteiger partial charge in [0.1, 0.15) is 0 Å². The van der Waals surface area contributed by atoms with Crippen molar-refractivity contribution in [3.05, 3.63) is 0 Å². The molecule has 0 atom stereocenters. The lowest BCUT2D eigenvalue weighted by molar-refractivity contribution is 0.298. The Morgan fingerprint density at radius 2 is 1.30 bits per heavy atom. The third-order valence-corrected chi connectivity index (χ3v) is 3.10. The van der Waals surface area contributed by atoms with Crippen molar-refractivity contribution >= 4 is 0 Å². The lowest BCUT2D eigenvalue weighted by atomic mass is 9.87. The molecule has 2 aliphatic carbocycles. The van der Waals surface area contributed by atoms with Gasteiger partial charge in [-0.25, -0.2) is 0 Å². The molecule has 0 heterocycles. The molecule has 0 saturated heterocycles. The maximum atomic E-state index is 2.40. The minimum atomic E-state index is 0.958. The highest BCUT2D eigenvalue weighted by atomic mass is 14.5. The fraction of sp³-hybridized carbons (Fsp3) is 1.00. The van der Waals surface area contributed by atoms with Gasteiger partial charge in [0, 0.05) is 0 Å². The van der Waals surface area contributed by atoms with E-state index in [1.807, 2.05) is 0 Å². The first-order valence-electron chi connectivity index (χ1n) is 4.79. The van der Waals surface area contributed by atoms with Crippen LogP contribution in [0.1, 0.15) is 39.5 Å². The summed E-state index contributed by atoms with van der Waals surface area (Å²) in [6, 6.07) is 0. The average Bonchev–Trinajstić information content (AvgIpc) is 2.49. The molecule has 2 saturated carbocycles. The van der Waals surface area contributed by atoms with Gasteiger partial charge in [-0.15, -0.1) is 0 Å². The van der Waals surface area contributed by atoms with Gasteiger partial charge in [0.05, 0.1) is 0 Å². The Kier molecular flexibility index (Phi) is 1.51. The van der Waals surface area contributed by atoms with Crippen LogP contribution in [0, 0.1) is 23.7 Å². The normalized spacial score (nSPS) is 26.4. The van der Waals surface area contributed by atoms with Crippen LogP contribution in [0.5, 0.6) is 0 Å². The van der Waals surface area contributed by atoms with E-state index in [-0.39, 0.29) is 0 Å². The maximum absolute atomic E-state index is 2.40. The molecule has 0 heteroatoms. The predicted octanol–water partition coefficient (Wildman–Crippen LogP) is 3.08. The first-order valence-corrected chi connectivity index (χ1v) is 4.79. The molecule has 0 unspecified atom stereocenters. The van der Waals surface area contributed by atoms with E-state index in [1.54, 1.807) is 25.7 Å². The van der Waals surface area contributed by atoms with Crippen molar-refractivity contribution in [2.75, 3.05) is 0 Å². The van der Waals surface area contributed by atoms with E-state index in [4.69, 9.17) is 0 Å². The largest absolute Gasteiger partial charge is 0.0625 e. The van der Waals surface area contributed by atoms with Gasteiger partial charge in [0.25, 0.3) is 0 Å². The van der Waals surface area contributed by atoms with Gasteiger partial charge >= 0.3 is 0 Å². The molecular weight excluding hydrogens is 120 g/mol. The zero-order valence-electron chi connectivity index (χ0n) is 7.14. The van der Waals surface area contributed by atoms with Crippen LogP contribution in [0.4, 0.5) is 0 Å². The van der Waals surface area contributed by atoms with Gasteiger partial charge < -0.3 is 0 Å². The smallest absolute Gasteiger partial charge is 0.0334 e. The van der Waals surface area contributed by atoms with E-state index in [0.717, 1.165) is 23.7 Å². The second-order valence-electron chi connectivity index (χ2n) is 4.50. The standard InChI is InChI=1S/C10H18/c1-7(2)10(8-3-4-8)9-5-6-9/h7-10H,3-6H2,1-2H3. The molecule has 0 radical (unpaired) electrons. The molecule has 0 spiro atoms. The van der Waals surface area contributed by atoms with Crippen molar-refractivity contribution in [3.63, 3.8) is 0 Å². The van der Waals surface area contributed by atoms with Crippen LogP contribution in [0.2, 0.25) is 0 Å². The molecule has 2 aliphatic rings. The third-order valence-electron chi connectivity index (χ3n) is 3.10. The summed E-state index contributed by atoms with van der Waals surface area (Å²) in [5.74, 6) is 4.36. The first kappa shape index (κ1) is 6.69. The molecule has 58 valence electrons. The molecule has 2 fully saturated rings. The SMILES string of the molecule is CC(C)C(C1CC1)C1CC1. The lowest BCUT2D eigenvalue weighted by Crippen LogP contribution is -2.12. The summed E-state index contributed by atoms with van der Waals surface area (Å²) in [5, 5.41) is 0. The molecule has 2 rings (SSSR count). The molecule has 0 bridgehead atoms. The van der Waals surface area contributed by atoms with Crippen molar-refractivity contribution in [1.29, 1.82) is 0 Å². The first-order chi connectivity index (χ1) is 4.79. The van der Waals surface area contributed by atoms with Crippen molar-refractivity contribution in [2.45, 2.75) is 39.5 Å². The van der Waals surface area contributed by atoms with Crippen LogP contribution >= 0.6 is 0 Å². The second-order valence-corrected chi connectivity index (χ2v) is 4.50. The minimum Gasteiger partial charge on any atom is -0.0625 e. The number of hydrogen-bond donors (Lipinski definition) is 0. The quantitative estimate of drug-likeness (QED) is 0.562. The molecular formula is C10H18. The summed E-state index contributed by atoms with van der Waals surface area (Å²) in [5.41, 5.74) is 0. The Labute approximate surface area is 64.0 Å². The molecule has 0 N–H and O–H groups in total. The monoisotopic (exact) mass is 138 g/mol. The van der Waals surface area contributed by atoms with E-state index in [0.29, 0.717) is 0 Å². The fourth-order valence-corrected chi connectivity index (χ4v) is 2.44. The molecule has 0 aromatic carbocycles. The van der Waals surface area contributed by atoms with Crippen LogP contribution in [-0.2, 0) is 0 Å². The number of hydrogen-bond acceptors (Lipinski definition) is 0. The predicted molar refractivity (Wildman–Crippen MR) is 43.8 cm³/mol. The van der Waals surface area contributed by atoms with Crippen molar-refractivity contribution in [3.8, 4) is 0 Å². The van der Waals surface area contributed by atoms with Crippen LogP contribution in [0.25, 0.3) is 0 Å². The topological polar surface area (TPSA) is 0 Å². The van der Waals surface area contributed by atoms with Crippen LogP contribution in [0.15, 0.2) is 0 Å². The summed E-state index contributed by atoms with van der Waals surface area (Å²) in [6.07, 6.45) is 6.16. The number of rotatable bonds is 3. The fourth-order valence-electron chi connectivity index (χ4n) is 2.44. The highest BCUT2D eigenvalue weighted by Gasteiger charge is 2.42. The molecule has 0 amide bonds. The van der Waals surface area contributed by atoms with Gasteiger partial charge in [-0.2, -0.15) is 0 Å². The molecule has 10 heavy (non-hydrogen) atoms. The second kappa shape index (κ2) is 2.25. The minimum absolute atomic E-state index is 0.958. The molecule has 0 aromatic heterocycles. The average molecular weight is 138 g/mol. The van der Waals surface area contributed by atoms with E-state index >= 15 is 0 Å². The zero-order chi connectivity index (χ0) is 7.14. The Bertz CT molecular complexity index is 103. The van der Waals surface area contributed by atoms with Crippen LogP contribution in [-0.4, -0.2) is 0 Å². The van der Waals surface area contributed by atoms with Crippen LogP contribution in [0.3, 0.4) is 0 Å². The van der Waals surface area contributed by atoms with E-state index in [2.05, 4.69) is 13.8 Å². The highest BCUT2D eigenvalue weighted by molar-refractivity contribution is 4.92. The summed E-state index contributed by atoms with van der Waals surface area (Å²) in [6.45, 7) is 4.81. The van der Waals surface area contributed by atoms with Crippen molar-refractivity contribution in [2.24, 2.45) is 23.7 Å². The van der Waals surface area contributed by atoms with E-state index in [1.165, 1.54) is 0 Å². The third kappa shape index (κ3) is 1.21. The van der Waals surface area contributed by atoms with Gasteiger partial charge in [-0.05, 0) is 49.4 Å². The Morgan fingerprint density at radius 1 is 0.900 bits per heavy atom. The van der Waals surface area contributed by atoms with Gasteiger partial charge in [0.15, 0.2) is 0 Å². The molecule has 0 aliphatic heterocycles. The Balaban J connectivity index is 1.92. The van der Waals surface area contributed by atoms with E-state index in [9.17, 15) is 0 Å². The summed E-state index contributed by atoms with van der Waals surface area (Å²) < 4.78 is 0. The Morgan fingerprint density at radius 3 is 1.50 bits per heavy atom. The summed E-state index contributed by atoms with van der Waals surface area (Å²) in [4.78, 5) is 0. The zero-order valence-corrected chi connectivity index (χ0v) is 7.14. The summed E-state index contributed by atoms with van der Waals surface area (Å²) >= 11 is 0. The Hall–Kier alpha value is 0.